The molecule has 140 valence electrons. The van der Waals surface area contributed by atoms with Gasteiger partial charge in [0.1, 0.15) is 11.6 Å². The molecule has 1 aliphatic heterocycles. The highest BCUT2D eigenvalue weighted by atomic mass is 19.1. The average molecular weight is 368 g/mol. The molecule has 2 heterocycles. The number of aliphatic hydroxyl groups excluding tert-OH is 1. The monoisotopic (exact) mass is 368 g/mol. The van der Waals surface area contributed by atoms with Crippen LogP contribution in [-0.2, 0) is 0 Å². The van der Waals surface area contributed by atoms with Crippen molar-refractivity contribution >= 4 is 10.9 Å². The van der Waals surface area contributed by atoms with E-state index in [9.17, 15) is 13.9 Å². The third-order valence-electron chi connectivity index (χ3n) is 5.22. The van der Waals surface area contributed by atoms with E-state index in [0.29, 0.717) is 17.6 Å². The SMILES string of the molecule is OC(CC1CCCCN1)c1cc(-c2ccc(F)cc2)nc2cc(F)ccc12. The van der Waals surface area contributed by atoms with Crippen LogP contribution in [0.1, 0.15) is 37.4 Å². The number of aliphatic hydroxyl groups is 1. The first-order chi connectivity index (χ1) is 13.1. The highest BCUT2D eigenvalue weighted by molar-refractivity contribution is 5.85. The molecule has 2 N–H and O–H groups in total. The summed E-state index contributed by atoms with van der Waals surface area (Å²) in [6, 6.07) is 12.5. The maximum atomic E-state index is 13.8. The maximum absolute atomic E-state index is 13.8. The van der Waals surface area contributed by atoms with Crippen LogP contribution >= 0.6 is 0 Å². The van der Waals surface area contributed by atoms with Gasteiger partial charge in [-0.1, -0.05) is 6.42 Å². The Morgan fingerprint density at radius 2 is 1.81 bits per heavy atom. The number of benzene rings is 2. The number of halogens is 2. The van der Waals surface area contributed by atoms with Crippen LogP contribution in [-0.4, -0.2) is 22.7 Å². The first-order valence-corrected chi connectivity index (χ1v) is 9.38. The minimum absolute atomic E-state index is 0.270. The van der Waals surface area contributed by atoms with Gasteiger partial charge in [0, 0.05) is 23.1 Å². The molecule has 2 atom stereocenters. The van der Waals surface area contributed by atoms with E-state index in [1.807, 2.05) is 6.07 Å². The van der Waals surface area contributed by atoms with Crippen LogP contribution in [0.2, 0.25) is 0 Å². The Labute approximate surface area is 157 Å². The Kier molecular flexibility index (Phi) is 5.14. The minimum atomic E-state index is -0.684. The Morgan fingerprint density at radius 1 is 1.04 bits per heavy atom. The van der Waals surface area contributed by atoms with Crippen molar-refractivity contribution in [3.05, 3.63) is 65.7 Å². The molecule has 1 aliphatic rings. The number of rotatable bonds is 4. The highest BCUT2D eigenvalue weighted by Crippen LogP contribution is 2.32. The number of pyridine rings is 1. The molecule has 4 rings (SSSR count). The number of hydrogen-bond acceptors (Lipinski definition) is 3. The third kappa shape index (κ3) is 3.99. The van der Waals surface area contributed by atoms with Gasteiger partial charge in [0.15, 0.2) is 0 Å². The number of nitrogens with one attached hydrogen (secondary N) is 1. The van der Waals surface area contributed by atoms with E-state index in [-0.39, 0.29) is 17.7 Å². The van der Waals surface area contributed by atoms with Gasteiger partial charge in [0.2, 0.25) is 0 Å². The fourth-order valence-corrected chi connectivity index (χ4v) is 3.79. The predicted octanol–water partition coefficient (Wildman–Crippen LogP) is 4.75. The lowest BCUT2D eigenvalue weighted by Gasteiger charge is -2.26. The van der Waals surface area contributed by atoms with Gasteiger partial charge in [-0.15, -0.1) is 0 Å². The largest absolute Gasteiger partial charge is 0.388 e. The molecule has 1 saturated heterocycles. The van der Waals surface area contributed by atoms with Crippen molar-refractivity contribution in [2.75, 3.05) is 6.54 Å². The standard InChI is InChI=1S/C22H22F2N2O/c23-15-6-4-14(5-7-15)20-13-19(18-9-8-16(24)11-21(18)26-20)22(27)12-17-3-1-2-10-25-17/h4-9,11,13,17,22,25,27H,1-3,10,12H2. The lowest BCUT2D eigenvalue weighted by molar-refractivity contribution is 0.146. The molecule has 0 aliphatic carbocycles. The van der Waals surface area contributed by atoms with Gasteiger partial charge >= 0.3 is 0 Å². The number of aromatic nitrogens is 1. The summed E-state index contributed by atoms with van der Waals surface area (Å²) in [5.74, 6) is -0.699. The minimum Gasteiger partial charge on any atom is -0.388 e. The van der Waals surface area contributed by atoms with Gasteiger partial charge in [-0.25, -0.2) is 13.8 Å². The Hall–Kier alpha value is -2.37. The summed E-state index contributed by atoms with van der Waals surface area (Å²) in [4.78, 5) is 4.54. The summed E-state index contributed by atoms with van der Waals surface area (Å²) in [6.45, 7) is 0.973. The van der Waals surface area contributed by atoms with Gasteiger partial charge in [0.05, 0.1) is 17.3 Å². The second-order valence-electron chi connectivity index (χ2n) is 7.16. The quantitative estimate of drug-likeness (QED) is 0.699. The molecule has 0 bridgehead atoms. The zero-order valence-corrected chi connectivity index (χ0v) is 15.0. The zero-order chi connectivity index (χ0) is 18.8. The number of nitrogens with zero attached hydrogens (tertiary/aromatic N) is 1. The number of fused-ring (bicyclic) bond motifs is 1. The van der Waals surface area contributed by atoms with Crippen LogP contribution in [0, 0.1) is 11.6 Å². The van der Waals surface area contributed by atoms with Gasteiger partial charge in [-0.3, -0.25) is 0 Å². The molecule has 2 aromatic carbocycles. The summed E-state index contributed by atoms with van der Waals surface area (Å²) in [5, 5.41) is 15.1. The van der Waals surface area contributed by atoms with Gasteiger partial charge in [-0.05, 0) is 73.8 Å². The second kappa shape index (κ2) is 7.71. The van der Waals surface area contributed by atoms with E-state index >= 15 is 0 Å². The van der Waals surface area contributed by atoms with Crippen molar-refractivity contribution in [1.29, 1.82) is 0 Å². The maximum Gasteiger partial charge on any atom is 0.125 e. The van der Waals surface area contributed by atoms with Crippen molar-refractivity contribution in [1.82, 2.24) is 10.3 Å². The lowest BCUT2D eigenvalue weighted by Crippen LogP contribution is -2.35. The van der Waals surface area contributed by atoms with Crippen molar-refractivity contribution in [2.24, 2.45) is 0 Å². The first kappa shape index (κ1) is 18.0. The van der Waals surface area contributed by atoms with Gasteiger partial charge < -0.3 is 10.4 Å². The first-order valence-electron chi connectivity index (χ1n) is 9.38. The Bertz CT molecular complexity index is 937. The van der Waals surface area contributed by atoms with E-state index in [2.05, 4.69) is 10.3 Å². The van der Waals surface area contributed by atoms with Crippen LogP contribution in [0.15, 0.2) is 48.5 Å². The molecule has 3 aromatic rings. The molecule has 1 aromatic heterocycles. The summed E-state index contributed by atoms with van der Waals surface area (Å²) < 4.78 is 27.0. The van der Waals surface area contributed by atoms with E-state index in [4.69, 9.17) is 0 Å². The summed E-state index contributed by atoms with van der Waals surface area (Å²) in [6.07, 6.45) is 3.28. The second-order valence-corrected chi connectivity index (χ2v) is 7.16. The highest BCUT2D eigenvalue weighted by Gasteiger charge is 2.21. The molecule has 0 spiro atoms. The number of piperidine rings is 1. The Balaban J connectivity index is 1.75. The fraction of sp³-hybridized carbons (Fsp3) is 0.318. The summed E-state index contributed by atoms with van der Waals surface area (Å²) in [5.41, 5.74) is 2.54. The smallest absolute Gasteiger partial charge is 0.125 e. The van der Waals surface area contributed by atoms with Crippen LogP contribution in [0.4, 0.5) is 8.78 Å². The zero-order valence-electron chi connectivity index (χ0n) is 15.0. The molecule has 0 saturated carbocycles. The molecule has 27 heavy (non-hydrogen) atoms. The van der Waals surface area contributed by atoms with Gasteiger partial charge in [0.25, 0.3) is 0 Å². The molecule has 2 unspecified atom stereocenters. The van der Waals surface area contributed by atoms with E-state index in [0.717, 1.165) is 35.9 Å². The predicted molar refractivity (Wildman–Crippen MR) is 102 cm³/mol. The molecular formula is C22H22F2N2O. The summed E-state index contributed by atoms with van der Waals surface area (Å²) >= 11 is 0. The van der Waals surface area contributed by atoms with Crippen LogP contribution in [0.3, 0.4) is 0 Å². The molecule has 5 heteroatoms. The van der Waals surface area contributed by atoms with Crippen molar-refractivity contribution in [2.45, 2.75) is 37.8 Å². The van der Waals surface area contributed by atoms with E-state index in [1.54, 1.807) is 18.2 Å². The van der Waals surface area contributed by atoms with Crippen molar-refractivity contribution in [3.63, 3.8) is 0 Å². The lowest BCUT2D eigenvalue weighted by atomic mass is 9.93. The van der Waals surface area contributed by atoms with Crippen LogP contribution < -0.4 is 5.32 Å². The van der Waals surface area contributed by atoms with Gasteiger partial charge in [-0.2, -0.15) is 0 Å². The van der Waals surface area contributed by atoms with Crippen molar-refractivity contribution < 1.29 is 13.9 Å². The molecule has 0 amide bonds. The van der Waals surface area contributed by atoms with Crippen LogP contribution in [0.25, 0.3) is 22.2 Å². The molecular weight excluding hydrogens is 346 g/mol. The van der Waals surface area contributed by atoms with Crippen LogP contribution in [0.5, 0.6) is 0 Å². The number of hydrogen-bond donors (Lipinski definition) is 2. The molecule has 0 radical (unpaired) electrons. The summed E-state index contributed by atoms with van der Waals surface area (Å²) in [7, 11) is 0. The molecule has 1 fully saturated rings. The van der Waals surface area contributed by atoms with E-state index in [1.165, 1.54) is 30.7 Å². The van der Waals surface area contributed by atoms with E-state index < -0.39 is 6.10 Å². The topological polar surface area (TPSA) is 45.1 Å². The molecule has 3 nitrogen and oxygen atoms in total. The fourth-order valence-electron chi connectivity index (χ4n) is 3.79. The van der Waals surface area contributed by atoms with Crippen molar-refractivity contribution in [3.8, 4) is 11.3 Å². The third-order valence-corrected chi connectivity index (χ3v) is 5.22. The average Bonchev–Trinajstić information content (AvgIpc) is 2.68. The normalized spacial score (nSPS) is 18.6. The Morgan fingerprint density at radius 3 is 2.56 bits per heavy atom.